The van der Waals surface area contributed by atoms with Crippen molar-refractivity contribution < 1.29 is 4.74 Å². The van der Waals surface area contributed by atoms with Crippen LogP contribution in [0.4, 0.5) is 0 Å². The molecule has 0 saturated heterocycles. The first kappa shape index (κ1) is 13.0. The van der Waals surface area contributed by atoms with Gasteiger partial charge in [-0.15, -0.1) is 0 Å². The van der Waals surface area contributed by atoms with Crippen molar-refractivity contribution in [3.8, 4) is 5.75 Å². The summed E-state index contributed by atoms with van der Waals surface area (Å²) in [4.78, 5) is 0. The molecule has 0 aromatic heterocycles. The van der Waals surface area contributed by atoms with Crippen LogP contribution in [0.2, 0.25) is 0 Å². The summed E-state index contributed by atoms with van der Waals surface area (Å²) >= 11 is 0. The molecular weight excluding hydrogens is 200 g/mol. The monoisotopic (exact) mass is 222 g/mol. The topological polar surface area (TPSA) is 47.3 Å². The van der Waals surface area contributed by atoms with Crippen LogP contribution < -0.4 is 15.8 Å². The summed E-state index contributed by atoms with van der Waals surface area (Å²) in [7, 11) is 0. The van der Waals surface area contributed by atoms with Crippen molar-refractivity contribution >= 4 is 0 Å². The van der Waals surface area contributed by atoms with Gasteiger partial charge in [0, 0.05) is 19.1 Å². The minimum absolute atomic E-state index is 0.214. The second-order valence-electron chi connectivity index (χ2n) is 4.33. The number of nitrogens with one attached hydrogen (secondary N) is 1. The molecule has 1 atom stereocenters. The number of hydrogen-bond donors (Lipinski definition) is 2. The van der Waals surface area contributed by atoms with Crippen molar-refractivity contribution in [2.45, 2.75) is 39.5 Å². The zero-order valence-electron chi connectivity index (χ0n) is 10.4. The maximum atomic E-state index is 5.64. The summed E-state index contributed by atoms with van der Waals surface area (Å²) in [6.45, 7) is 7.62. The lowest BCUT2D eigenvalue weighted by atomic mass is 10.2. The molecule has 1 aromatic carbocycles. The van der Waals surface area contributed by atoms with E-state index in [1.165, 1.54) is 5.56 Å². The second-order valence-corrected chi connectivity index (χ2v) is 4.33. The van der Waals surface area contributed by atoms with Gasteiger partial charge in [-0.25, -0.2) is 0 Å². The molecule has 3 nitrogen and oxygen atoms in total. The number of benzene rings is 1. The van der Waals surface area contributed by atoms with Gasteiger partial charge in [-0.1, -0.05) is 12.1 Å². The van der Waals surface area contributed by atoms with Gasteiger partial charge in [-0.05, 0) is 38.5 Å². The average molecular weight is 222 g/mol. The Labute approximate surface area is 98.0 Å². The fourth-order valence-electron chi connectivity index (χ4n) is 1.38. The van der Waals surface area contributed by atoms with Crippen LogP contribution in [0, 0.1) is 0 Å². The standard InChI is InChI=1S/C13H22N2O/c1-10(2)16-13-6-4-5-12(7-13)9-15-11(3)8-14/h4-7,10-11,15H,8-9,14H2,1-3H3/t11-/m1/s1. The van der Waals surface area contributed by atoms with Gasteiger partial charge in [0.1, 0.15) is 5.75 Å². The Balaban J connectivity index is 2.53. The number of hydrogen-bond acceptors (Lipinski definition) is 3. The normalized spacial score (nSPS) is 12.8. The average Bonchev–Trinajstić information content (AvgIpc) is 2.25. The van der Waals surface area contributed by atoms with E-state index in [9.17, 15) is 0 Å². The van der Waals surface area contributed by atoms with Crippen LogP contribution in [0.3, 0.4) is 0 Å². The zero-order valence-corrected chi connectivity index (χ0v) is 10.4. The molecule has 90 valence electrons. The summed E-state index contributed by atoms with van der Waals surface area (Å²) in [6, 6.07) is 8.49. The number of nitrogens with two attached hydrogens (primary N) is 1. The quantitative estimate of drug-likeness (QED) is 0.773. The van der Waals surface area contributed by atoms with Crippen molar-refractivity contribution in [1.82, 2.24) is 5.32 Å². The van der Waals surface area contributed by atoms with E-state index in [1.807, 2.05) is 26.0 Å². The first-order valence-corrected chi connectivity index (χ1v) is 5.81. The van der Waals surface area contributed by atoms with Gasteiger partial charge in [-0.3, -0.25) is 0 Å². The molecule has 0 aliphatic carbocycles. The van der Waals surface area contributed by atoms with Crippen molar-refractivity contribution in [2.24, 2.45) is 5.73 Å². The van der Waals surface area contributed by atoms with Gasteiger partial charge in [-0.2, -0.15) is 0 Å². The molecule has 0 fully saturated rings. The molecule has 0 amide bonds. The molecule has 0 unspecified atom stereocenters. The lowest BCUT2D eigenvalue weighted by Crippen LogP contribution is -2.32. The fraction of sp³-hybridized carbons (Fsp3) is 0.538. The van der Waals surface area contributed by atoms with E-state index in [1.54, 1.807) is 0 Å². The third-order valence-electron chi connectivity index (χ3n) is 2.28. The number of ether oxygens (including phenoxy) is 1. The van der Waals surface area contributed by atoms with E-state index < -0.39 is 0 Å². The van der Waals surface area contributed by atoms with E-state index in [0.717, 1.165) is 12.3 Å². The van der Waals surface area contributed by atoms with Crippen molar-refractivity contribution in [3.63, 3.8) is 0 Å². The molecule has 0 saturated carbocycles. The van der Waals surface area contributed by atoms with Crippen LogP contribution in [0.15, 0.2) is 24.3 Å². The Hall–Kier alpha value is -1.06. The molecule has 1 rings (SSSR count). The molecule has 0 radical (unpaired) electrons. The summed E-state index contributed by atoms with van der Waals surface area (Å²) < 4.78 is 5.64. The Morgan fingerprint density at radius 3 is 2.69 bits per heavy atom. The van der Waals surface area contributed by atoms with E-state index in [0.29, 0.717) is 12.6 Å². The van der Waals surface area contributed by atoms with Crippen LogP contribution in [0.1, 0.15) is 26.3 Å². The Bertz CT molecular complexity index is 313. The molecule has 16 heavy (non-hydrogen) atoms. The van der Waals surface area contributed by atoms with Crippen LogP contribution >= 0.6 is 0 Å². The van der Waals surface area contributed by atoms with Crippen molar-refractivity contribution in [1.29, 1.82) is 0 Å². The zero-order chi connectivity index (χ0) is 12.0. The molecule has 0 bridgehead atoms. The molecule has 3 heteroatoms. The van der Waals surface area contributed by atoms with Crippen LogP contribution in [0.25, 0.3) is 0 Å². The lowest BCUT2D eigenvalue weighted by Gasteiger charge is -2.13. The molecular formula is C13H22N2O. The SMILES string of the molecule is CC(C)Oc1cccc(CN[C@H](C)CN)c1. The van der Waals surface area contributed by atoms with Gasteiger partial charge in [0.2, 0.25) is 0 Å². The molecule has 3 N–H and O–H groups in total. The maximum Gasteiger partial charge on any atom is 0.120 e. The molecule has 0 heterocycles. The van der Waals surface area contributed by atoms with Gasteiger partial charge in [0.05, 0.1) is 6.10 Å². The molecule has 0 aliphatic rings. The highest BCUT2D eigenvalue weighted by atomic mass is 16.5. The fourth-order valence-corrected chi connectivity index (χ4v) is 1.38. The van der Waals surface area contributed by atoms with E-state index >= 15 is 0 Å². The minimum Gasteiger partial charge on any atom is -0.491 e. The third kappa shape index (κ3) is 4.64. The molecule has 1 aromatic rings. The summed E-state index contributed by atoms with van der Waals surface area (Å²) in [5.41, 5.74) is 6.77. The first-order valence-electron chi connectivity index (χ1n) is 5.81. The highest BCUT2D eigenvalue weighted by Crippen LogP contribution is 2.14. The Morgan fingerprint density at radius 1 is 1.31 bits per heavy atom. The Morgan fingerprint density at radius 2 is 2.06 bits per heavy atom. The lowest BCUT2D eigenvalue weighted by molar-refractivity contribution is 0.242. The van der Waals surface area contributed by atoms with Crippen LogP contribution in [-0.2, 0) is 6.54 Å². The maximum absolute atomic E-state index is 5.64. The predicted octanol–water partition coefficient (Wildman–Crippen LogP) is 1.91. The molecule has 0 spiro atoms. The smallest absolute Gasteiger partial charge is 0.120 e. The van der Waals surface area contributed by atoms with Crippen molar-refractivity contribution in [2.75, 3.05) is 6.54 Å². The van der Waals surface area contributed by atoms with Gasteiger partial charge in [0.15, 0.2) is 0 Å². The Kier molecular flexibility index (Phi) is 5.29. The largest absolute Gasteiger partial charge is 0.491 e. The van der Waals surface area contributed by atoms with Crippen LogP contribution in [-0.4, -0.2) is 18.7 Å². The number of rotatable bonds is 6. The van der Waals surface area contributed by atoms with Gasteiger partial charge < -0.3 is 15.8 Å². The summed E-state index contributed by atoms with van der Waals surface area (Å²) in [5, 5.41) is 3.35. The summed E-state index contributed by atoms with van der Waals surface area (Å²) in [6.07, 6.45) is 0.214. The van der Waals surface area contributed by atoms with E-state index in [2.05, 4.69) is 24.4 Å². The van der Waals surface area contributed by atoms with Crippen molar-refractivity contribution in [3.05, 3.63) is 29.8 Å². The second kappa shape index (κ2) is 6.51. The van der Waals surface area contributed by atoms with E-state index in [4.69, 9.17) is 10.5 Å². The molecule has 0 aliphatic heterocycles. The van der Waals surface area contributed by atoms with Gasteiger partial charge in [0.25, 0.3) is 0 Å². The third-order valence-corrected chi connectivity index (χ3v) is 2.28. The highest BCUT2D eigenvalue weighted by Gasteiger charge is 2.01. The highest BCUT2D eigenvalue weighted by molar-refractivity contribution is 5.28. The van der Waals surface area contributed by atoms with Crippen LogP contribution in [0.5, 0.6) is 5.75 Å². The summed E-state index contributed by atoms with van der Waals surface area (Å²) in [5.74, 6) is 0.926. The minimum atomic E-state index is 0.214. The predicted molar refractivity (Wildman–Crippen MR) is 67.6 cm³/mol. The first-order chi connectivity index (χ1) is 7.61. The van der Waals surface area contributed by atoms with E-state index in [-0.39, 0.29) is 6.10 Å². The van der Waals surface area contributed by atoms with Gasteiger partial charge >= 0.3 is 0 Å².